The van der Waals surface area contributed by atoms with Crippen LogP contribution in [0.1, 0.15) is 23.9 Å². The monoisotopic (exact) mass is 247 g/mol. The van der Waals surface area contributed by atoms with Crippen LogP contribution in [-0.4, -0.2) is 41.0 Å². The first-order chi connectivity index (χ1) is 8.81. The van der Waals surface area contributed by atoms with Gasteiger partial charge in [0.2, 0.25) is 0 Å². The van der Waals surface area contributed by atoms with Crippen LogP contribution in [0.5, 0.6) is 0 Å². The highest BCUT2D eigenvalue weighted by Crippen LogP contribution is 2.21. The normalized spacial score (nSPS) is 17.4. The maximum atomic E-state index is 10.4. The lowest BCUT2D eigenvalue weighted by molar-refractivity contribution is -0.130. The van der Waals surface area contributed by atoms with Crippen LogP contribution in [0.2, 0.25) is 0 Å². The fourth-order valence-corrected chi connectivity index (χ4v) is 2.11. The second-order valence-electron chi connectivity index (χ2n) is 4.28. The van der Waals surface area contributed by atoms with Crippen LogP contribution < -0.4 is 0 Å². The van der Waals surface area contributed by atoms with Gasteiger partial charge in [0.05, 0.1) is 11.7 Å². The van der Waals surface area contributed by atoms with Gasteiger partial charge >= 0.3 is 0 Å². The van der Waals surface area contributed by atoms with Crippen molar-refractivity contribution < 1.29 is 9.53 Å². The van der Waals surface area contributed by atoms with Gasteiger partial charge < -0.3 is 4.74 Å². The third-order valence-corrected chi connectivity index (χ3v) is 3.02. The highest BCUT2D eigenvalue weighted by molar-refractivity contribution is 5.37. The van der Waals surface area contributed by atoms with Gasteiger partial charge in [-0.15, -0.1) is 0 Å². The summed E-state index contributed by atoms with van der Waals surface area (Å²) >= 11 is 0. The molecule has 18 heavy (non-hydrogen) atoms. The van der Waals surface area contributed by atoms with E-state index in [0.29, 0.717) is 13.1 Å². The van der Waals surface area contributed by atoms with Crippen molar-refractivity contribution in [3.05, 3.63) is 35.9 Å². The quantitative estimate of drug-likeness (QED) is 0.579. The van der Waals surface area contributed by atoms with Crippen LogP contribution in [-0.2, 0) is 9.53 Å². The van der Waals surface area contributed by atoms with Crippen LogP contribution in [0.15, 0.2) is 24.5 Å². The number of aryl methyl sites for hydroxylation is 1. The summed E-state index contributed by atoms with van der Waals surface area (Å²) in [7, 11) is 0. The molecule has 0 aromatic carbocycles. The van der Waals surface area contributed by atoms with Gasteiger partial charge in [0.15, 0.2) is 0 Å². The fourth-order valence-electron chi connectivity index (χ4n) is 2.11. The topological polar surface area (TPSA) is 55.3 Å². The third kappa shape index (κ3) is 3.13. The molecule has 0 fully saturated rings. The molecule has 1 aromatic heterocycles. The molecule has 1 aromatic rings. The van der Waals surface area contributed by atoms with Gasteiger partial charge in [-0.3, -0.25) is 9.69 Å². The summed E-state index contributed by atoms with van der Waals surface area (Å²) in [6.45, 7) is 4.55. The molecule has 2 rings (SSSR count). The molecule has 0 amide bonds. The number of rotatable bonds is 5. The van der Waals surface area contributed by atoms with E-state index in [-0.39, 0.29) is 6.04 Å². The number of hydrogen-bond acceptors (Lipinski definition) is 5. The lowest BCUT2D eigenvalue weighted by atomic mass is 10.1. The van der Waals surface area contributed by atoms with Gasteiger partial charge in [-0.05, 0) is 19.4 Å². The zero-order valence-corrected chi connectivity index (χ0v) is 10.5. The van der Waals surface area contributed by atoms with E-state index in [1.54, 1.807) is 6.33 Å². The Balaban J connectivity index is 2.18. The van der Waals surface area contributed by atoms with E-state index in [0.717, 1.165) is 30.9 Å². The number of nitrogens with zero attached hydrogens (tertiary/aromatic N) is 3. The van der Waals surface area contributed by atoms with Crippen molar-refractivity contribution in [1.82, 2.24) is 14.9 Å². The minimum Gasteiger partial charge on any atom is -0.466 e. The molecule has 0 radical (unpaired) electrons. The first kappa shape index (κ1) is 12.7. The lowest BCUT2D eigenvalue weighted by Gasteiger charge is -2.31. The van der Waals surface area contributed by atoms with Crippen molar-refractivity contribution in [2.45, 2.75) is 19.4 Å². The van der Waals surface area contributed by atoms with Crippen LogP contribution in [0, 0.1) is 6.92 Å². The second kappa shape index (κ2) is 6.26. The summed E-state index contributed by atoms with van der Waals surface area (Å²) in [5.74, 6) is 0. The Morgan fingerprint density at radius 3 is 3.06 bits per heavy atom. The van der Waals surface area contributed by atoms with Crippen LogP contribution in [0.4, 0.5) is 0 Å². The zero-order chi connectivity index (χ0) is 12.8. The van der Waals surface area contributed by atoms with Crippen LogP contribution in [0.25, 0.3) is 0 Å². The molecule has 1 unspecified atom stereocenters. The van der Waals surface area contributed by atoms with E-state index in [4.69, 9.17) is 4.74 Å². The Kier molecular flexibility index (Phi) is 4.41. The average molecular weight is 247 g/mol. The van der Waals surface area contributed by atoms with Crippen molar-refractivity contribution in [3.63, 3.8) is 0 Å². The predicted octanol–water partition coefficient (Wildman–Crippen LogP) is 1.26. The standard InChI is InChI=1S/C13H17N3O2/c1-11-7-12(15-9-14-11)13(8-18-10-17)16-5-3-2-4-6-16/h2-3,7,9-10,13H,4-6,8H2,1H3. The van der Waals surface area contributed by atoms with E-state index < -0.39 is 0 Å². The summed E-state index contributed by atoms with van der Waals surface area (Å²) in [6.07, 6.45) is 6.87. The first-order valence-electron chi connectivity index (χ1n) is 6.04. The minimum atomic E-state index is 0.00171. The molecular weight excluding hydrogens is 230 g/mol. The van der Waals surface area contributed by atoms with Gasteiger partial charge in [-0.25, -0.2) is 9.97 Å². The molecular formula is C13H17N3O2. The Morgan fingerprint density at radius 2 is 2.39 bits per heavy atom. The first-order valence-corrected chi connectivity index (χ1v) is 6.04. The van der Waals surface area contributed by atoms with Gasteiger partial charge in [-0.2, -0.15) is 0 Å². The summed E-state index contributed by atoms with van der Waals surface area (Å²) in [5.41, 5.74) is 1.82. The summed E-state index contributed by atoms with van der Waals surface area (Å²) in [6, 6.07) is 1.94. The van der Waals surface area contributed by atoms with Crippen molar-refractivity contribution in [2.75, 3.05) is 19.7 Å². The van der Waals surface area contributed by atoms with Gasteiger partial charge in [0, 0.05) is 18.8 Å². The number of carbonyl (C=O) groups excluding carboxylic acids is 1. The Labute approximate surface area is 106 Å². The van der Waals surface area contributed by atoms with E-state index in [1.165, 1.54) is 0 Å². The average Bonchev–Trinajstić information content (AvgIpc) is 2.40. The molecule has 5 heteroatoms. The van der Waals surface area contributed by atoms with Gasteiger partial charge in [-0.1, -0.05) is 12.2 Å². The smallest absolute Gasteiger partial charge is 0.293 e. The maximum Gasteiger partial charge on any atom is 0.293 e. The highest BCUT2D eigenvalue weighted by Gasteiger charge is 2.22. The van der Waals surface area contributed by atoms with E-state index in [1.807, 2.05) is 13.0 Å². The Morgan fingerprint density at radius 1 is 1.50 bits per heavy atom. The van der Waals surface area contributed by atoms with Gasteiger partial charge in [0.25, 0.3) is 6.47 Å². The van der Waals surface area contributed by atoms with Crippen LogP contribution >= 0.6 is 0 Å². The molecule has 0 spiro atoms. The van der Waals surface area contributed by atoms with Crippen molar-refractivity contribution in [3.8, 4) is 0 Å². The lowest BCUT2D eigenvalue weighted by Crippen LogP contribution is -2.35. The molecule has 0 N–H and O–H groups in total. The minimum absolute atomic E-state index is 0.00171. The predicted molar refractivity (Wildman–Crippen MR) is 66.9 cm³/mol. The molecule has 2 heterocycles. The van der Waals surface area contributed by atoms with Crippen molar-refractivity contribution >= 4 is 6.47 Å². The summed E-state index contributed by atoms with van der Waals surface area (Å²) in [4.78, 5) is 21.0. The molecule has 0 saturated heterocycles. The van der Waals surface area contributed by atoms with Crippen molar-refractivity contribution in [1.29, 1.82) is 0 Å². The largest absolute Gasteiger partial charge is 0.466 e. The molecule has 1 aliphatic rings. The third-order valence-electron chi connectivity index (χ3n) is 3.02. The Bertz CT molecular complexity index is 434. The SMILES string of the molecule is Cc1cc(C(COC=O)N2CC=CCC2)ncn1. The van der Waals surface area contributed by atoms with E-state index >= 15 is 0 Å². The number of aromatic nitrogens is 2. The molecule has 1 aliphatic heterocycles. The second-order valence-corrected chi connectivity index (χ2v) is 4.28. The van der Waals surface area contributed by atoms with Crippen molar-refractivity contribution in [2.24, 2.45) is 0 Å². The number of ether oxygens (including phenoxy) is 1. The molecule has 96 valence electrons. The maximum absolute atomic E-state index is 10.4. The highest BCUT2D eigenvalue weighted by atomic mass is 16.5. The molecule has 5 nitrogen and oxygen atoms in total. The Hall–Kier alpha value is -1.75. The molecule has 0 saturated carbocycles. The summed E-state index contributed by atoms with van der Waals surface area (Å²) in [5, 5.41) is 0. The summed E-state index contributed by atoms with van der Waals surface area (Å²) < 4.78 is 4.94. The molecule has 0 bridgehead atoms. The fraction of sp³-hybridized carbons (Fsp3) is 0.462. The zero-order valence-electron chi connectivity index (χ0n) is 10.5. The molecule has 1 atom stereocenters. The van der Waals surface area contributed by atoms with E-state index in [2.05, 4.69) is 27.0 Å². The van der Waals surface area contributed by atoms with Crippen LogP contribution in [0.3, 0.4) is 0 Å². The van der Waals surface area contributed by atoms with E-state index in [9.17, 15) is 4.79 Å². The van der Waals surface area contributed by atoms with Gasteiger partial charge in [0.1, 0.15) is 12.9 Å². The number of carbonyl (C=O) groups is 1. The molecule has 0 aliphatic carbocycles. The number of hydrogen-bond donors (Lipinski definition) is 0.